The van der Waals surface area contributed by atoms with Crippen LogP contribution < -0.4 is 4.74 Å². The Balaban J connectivity index is 1.97. The van der Waals surface area contributed by atoms with E-state index in [1.165, 1.54) is 6.07 Å². The molecule has 1 aliphatic rings. The van der Waals surface area contributed by atoms with E-state index >= 15 is 0 Å². The highest BCUT2D eigenvalue weighted by Crippen LogP contribution is 2.26. The topological polar surface area (TPSA) is 18.5 Å². The van der Waals surface area contributed by atoms with Gasteiger partial charge >= 0.3 is 0 Å². The fourth-order valence-corrected chi connectivity index (χ4v) is 2.26. The van der Waals surface area contributed by atoms with Crippen molar-refractivity contribution in [1.82, 2.24) is 0 Å². The van der Waals surface area contributed by atoms with Gasteiger partial charge in [0.25, 0.3) is 0 Å². The molecule has 0 bridgehead atoms. The molecule has 94 valence electrons. The summed E-state index contributed by atoms with van der Waals surface area (Å²) >= 11 is 0. The maximum atomic E-state index is 13.4. The average Bonchev–Trinajstić information content (AvgIpc) is 2.34. The third kappa shape index (κ3) is 3.19. The molecule has 2 nitrogen and oxygen atoms in total. The molecule has 0 saturated heterocycles. The largest absolute Gasteiger partial charge is 0.490 e. The Morgan fingerprint density at radius 1 is 1.24 bits per heavy atom. The molecule has 2 atom stereocenters. The normalized spacial score (nSPS) is 24.6. The average molecular weight is 238 g/mol. The van der Waals surface area contributed by atoms with Gasteiger partial charge in [0.2, 0.25) is 0 Å². The van der Waals surface area contributed by atoms with Crippen LogP contribution in [0.2, 0.25) is 0 Å². The summed E-state index contributed by atoms with van der Waals surface area (Å²) in [6.45, 7) is 1.75. The van der Waals surface area contributed by atoms with Crippen LogP contribution >= 0.6 is 0 Å². The van der Waals surface area contributed by atoms with E-state index in [2.05, 4.69) is 0 Å². The summed E-state index contributed by atoms with van der Waals surface area (Å²) in [5.41, 5.74) is 0.649. The Bertz CT molecular complexity index is 378. The highest BCUT2D eigenvalue weighted by Gasteiger charge is 2.23. The van der Waals surface area contributed by atoms with Crippen LogP contribution in [0.15, 0.2) is 18.2 Å². The van der Waals surface area contributed by atoms with Gasteiger partial charge in [0.1, 0.15) is 17.7 Å². The van der Waals surface area contributed by atoms with Crippen LogP contribution in [0.25, 0.3) is 0 Å². The molecular weight excluding hydrogens is 219 g/mol. The lowest BCUT2D eigenvalue weighted by Gasteiger charge is -2.28. The van der Waals surface area contributed by atoms with Crippen molar-refractivity contribution in [3.8, 4) is 5.75 Å². The molecule has 2 unspecified atom stereocenters. The highest BCUT2D eigenvalue weighted by atomic mass is 19.1. The molecule has 1 saturated carbocycles. The molecule has 17 heavy (non-hydrogen) atoms. The minimum absolute atomic E-state index is 0.149. The van der Waals surface area contributed by atoms with Gasteiger partial charge in [-0.2, -0.15) is 0 Å². The SMILES string of the molecule is COC1CCCC(Oc2ccc(C)c(F)c2)C1. The summed E-state index contributed by atoms with van der Waals surface area (Å²) < 4.78 is 24.5. The fourth-order valence-electron chi connectivity index (χ4n) is 2.26. The first-order valence-corrected chi connectivity index (χ1v) is 6.14. The van der Waals surface area contributed by atoms with Crippen molar-refractivity contribution in [3.05, 3.63) is 29.6 Å². The molecule has 2 rings (SSSR count). The molecule has 1 aliphatic carbocycles. The number of aryl methyl sites for hydroxylation is 1. The van der Waals surface area contributed by atoms with Gasteiger partial charge in [-0.25, -0.2) is 4.39 Å². The third-order valence-electron chi connectivity index (χ3n) is 3.36. The first-order valence-electron chi connectivity index (χ1n) is 6.14. The van der Waals surface area contributed by atoms with Crippen LogP contribution in [0.4, 0.5) is 4.39 Å². The zero-order chi connectivity index (χ0) is 12.3. The Hall–Kier alpha value is -1.09. The first kappa shape index (κ1) is 12.4. The maximum absolute atomic E-state index is 13.4. The molecule has 0 spiro atoms. The second kappa shape index (κ2) is 5.50. The van der Waals surface area contributed by atoms with E-state index in [0.29, 0.717) is 11.3 Å². The van der Waals surface area contributed by atoms with Crippen molar-refractivity contribution in [2.24, 2.45) is 0 Å². The molecule has 0 N–H and O–H groups in total. The van der Waals surface area contributed by atoms with Gasteiger partial charge in [-0.05, 0) is 37.8 Å². The lowest BCUT2D eigenvalue weighted by Crippen LogP contribution is -2.29. The summed E-state index contributed by atoms with van der Waals surface area (Å²) in [6, 6.07) is 5.04. The van der Waals surface area contributed by atoms with Crippen LogP contribution in [-0.2, 0) is 4.74 Å². The minimum atomic E-state index is -0.207. The maximum Gasteiger partial charge on any atom is 0.129 e. The monoisotopic (exact) mass is 238 g/mol. The lowest BCUT2D eigenvalue weighted by molar-refractivity contribution is 0.0209. The van der Waals surface area contributed by atoms with Crippen LogP contribution in [0.5, 0.6) is 5.75 Å². The molecule has 0 aromatic heterocycles. The van der Waals surface area contributed by atoms with Crippen LogP contribution in [-0.4, -0.2) is 19.3 Å². The molecule has 0 radical (unpaired) electrons. The van der Waals surface area contributed by atoms with Gasteiger partial charge in [-0.1, -0.05) is 6.07 Å². The predicted octanol–water partition coefficient (Wildman–Crippen LogP) is 3.47. The Labute approximate surface area is 102 Å². The molecular formula is C14H19FO2. The van der Waals surface area contributed by atoms with Gasteiger partial charge in [0.05, 0.1) is 6.10 Å². The van der Waals surface area contributed by atoms with Crippen molar-refractivity contribution in [1.29, 1.82) is 0 Å². The highest BCUT2D eigenvalue weighted by molar-refractivity contribution is 5.28. The predicted molar refractivity (Wildman–Crippen MR) is 64.8 cm³/mol. The van der Waals surface area contributed by atoms with E-state index < -0.39 is 0 Å². The lowest BCUT2D eigenvalue weighted by atomic mass is 9.95. The van der Waals surface area contributed by atoms with E-state index in [4.69, 9.17) is 9.47 Å². The standard InChI is InChI=1S/C14H19FO2/c1-10-6-7-13(9-14(10)15)17-12-5-3-4-11(8-12)16-2/h6-7,9,11-12H,3-5,8H2,1-2H3. The van der Waals surface area contributed by atoms with Crippen LogP contribution in [0.3, 0.4) is 0 Å². The molecule has 0 aliphatic heterocycles. The van der Waals surface area contributed by atoms with Crippen molar-refractivity contribution < 1.29 is 13.9 Å². The summed E-state index contributed by atoms with van der Waals surface area (Å²) in [5.74, 6) is 0.413. The molecule has 1 aromatic carbocycles. The second-order valence-electron chi connectivity index (χ2n) is 4.68. The molecule has 1 fully saturated rings. The Morgan fingerprint density at radius 2 is 2.00 bits per heavy atom. The summed E-state index contributed by atoms with van der Waals surface area (Å²) in [6.07, 6.45) is 4.55. The van der Waals surface area contributed by atoms with E-state index in [1.54, 1.807) is 20.1 Å². The summed E-state index contributed by atoms with van der Waals surface area (Å²) in [4.78, 5) is 0. The summed E-state index contributed by atoms with van der Waals surface area (Å²) in [5, 5.41) is 0. The van der Waals surface area contributed by atoms with E-state index in [1.807, 2.05) is 6.07 Å². The van der Waals surface area contributed by atoms with Gasteiger partial charge in [-0.3, -0.25) is 0 Å². The first-order chi connectivity index (χ1) is 8.19. The zero-order valence-electron chi connectivity index (χ0n) is 10.4. The number of ether oxygens (including phenoxy) is 2. The number of halogens is 1. The fraction of sp³-hybridized carbons (Fsp3) is 0.571. The van der Waals surface area contributed by atoms with Crippen molar-refractivity contribution in [2.75, 3.05) is 7.11 Å². The van der Waals surface area contributed by atoms with Crippen LogP contribution in [0.1, 0.15) is 31.2 Å². The second-order valence-corrected chi connectivity index (χ2v) is 4.68. The van der Waals surface area contributed by atoms with Crippen molar-refractivity contribution in [2.45, 2.75) is 44.8 Å². The Morgan fingerprint density at radius 3 is 2.71 bits per heavy atom. The number of hydrogen-bond donors (Lipinski definition) is 0. The molecule has 0 heterocycles. The molecule has 3 heteroatoms. The summed E-state index contributed by atoms with van der Waals surface area (Å²) in [7, 11) is 1.73. The zero-order valence-corrected chi connectivity index (χ0v) is 10.4. The molecule has 1 aromatic rings. The van der Waals surface area contributed by atoms with E-state index in [-0.39, 0.29) is 18.0 Å². The number of benzene rings is 1. The smallest absolute Gasteiger partial charge is 0.129 e. The number of rotatable bonds is 3. The van der Waals surface area contributed by atoms with Crippen molar-refractivity contribution >= 4 is 0 Å². The van der Waals surface area contributed by atoms with Gasteiger partial charge in [0, 0.05) is 19.6 Å². The third-order valence-corrected chi connectivity index (χ3v) is 3.36. The quantitative estimate of drug-likeness (QED) is 0.802. The minimum Gasteiger partial charge on any atom is -0.490 e. The van der Waals surface area contributed by atoms with Crippen LogP contribution in [0, 0.1) is 12.7 Å². The van der Waals surface area contributed by atoms with E-state index in [0.717, 1.165) is 25.7 Å². The Kier molecular flexibility index (Phi) is 4.00. The van der Waals surface area contributed by atoms with Gasteiger partial charge in [0.15, 0.2) is 0 Å². The van der Waals surface area contributed by atoms with Crippen molar-refractivity contribution in [3.63, 3.8) is 0 Å². The van der Waals surface area contributed by atoms with Gasteiger partial charge < -0.3 is 9.47 Å². The number of hydrogen-bond acceptors (Lipinski definition) is 2. The molecule has 0 amide bonds. The van der Waals surface area contributed by atoms with E-state index in [9.17, 15) is 4.39 Å². The number of methoxy groups -OCH3 is 1. The van der Waals surface area contributed by atoms with Gasteiger partial charge in [-0.15, -0.1) is 0 Å².